The normalized spacial score (nSPS) is 11.2. The van der Waals surface area contributed by atoms with Crippen molar-refractivity contribution in [3.63, 3.8) is 0 Å². The van der Waals surface area contributed by atoms with Crippen LogP contribution >= 0.6 is 11.6 Å². The molecular formula is C17H13ClN2O3. The first-order valence-electron chi connectivity index (χ1n) is 6.81. The monoisotopic (exact) mass is 328 g/mol. The molecule has 1 N–H and O–H groups in total. The number of nitrogens with zero attached hydrogens (tertiary/aromatic N) is 2. The van der Waals surface area contributed by atoms with Gasteiger partial charge in [0.05, 0.1) is 23.5 Å². The van der Waals surface area contributed by atoms with Crippen LogP contribution in [0.5, 0.6) is 5.75 Å². The lowest BCUT2D eigenvalue weighted by atomic mass is 10.1. The molecular weight excluding hydrogens is 316 g/mol. The van der Waals surface area contributed by atoms with E-state index in [-0.39, 0.29) is 0 Å². The summed E-state index contributed by atoms with van der Waals surface area (Å²) in [7, 11) is 1.59. The van der Waals surface area contributed by atoms with Gasteiger partial charge in [-0.25, -0.2) is 9.78 Å². The van der Waals surface area contributed by atoms with E-state index in [2.05, 4.69) is 4.98 Å². The number of hydrogen-bond acceptors (Lipinski definition) is 3. The highest BCUT2D eigenvalue weighted by atomic mass is 35.5. The summed E-state index contributed by atoms with van der Waals surface area (Å²) in [6.07, 6.45) is 4.29. The van der Waals surface area contributed by atoms with Gasteiger partial charge in [-0.2, -0.15) is 0 Å². The van der Waals surface area contributed by atoms with Crippen molar-refractivity contribution in [1.29, 1.82) is 0 Å². The predicted octanol–water partition coefficient (Wildman–Crippen LogP) is 3.76. The number of rotatable bonds is 4. The number of carboxylic acids is 1. The summed E-state index contributed by atoms with van der Waals surface area (Å²) in [5, 5.41) is 9.46. The van der Waals surface area contributed by atoms with Gasteiger partial charge in [0.25, 0.3) is 0 Å². The minimum absolute atomic E-state index is 0.539. The first kappa shape index (κ1) is 15.1. The quantitative estimate of drug-likeness (QED) is 0.741. The first-order chi connectivity index (χ1) is 11.1. The Kier molecular flexibility index (Phi) is 4.04. The molecule has 5 nitrogen and oxygen atoms in total. The molecule has 3 rings (SSSR count). The van der Waals surface area contributed by atoms with Crippen LogP contribution in [0.3, 0.4) is 0 Å². The van der Waals surface area contributed by atoms with E-state index in [4.69, 9.17) is 21.4 Å². The van der Waals surface area contributed by atoms with Crippen LogP contribution in [-0.4, -0.2) is 27.6 Å². The number of benzene rings is 1. The van der Waals surface area contributed by atoms with Crippen molar-refractivity contribution >= 4 is 29.3 Å². The topological polar surface area (TPSA) is 63.8 Å². The Morgan fingerprint density at radius 1 is 1.35 bits per heavy atom. The largest absolute Gasteiger partial charge is 0.497 e. The maximum atomic E-state index is 10.9. The van der Waals surface area contributed by atoms with E-state index in [1.54, 1.807) is 29.8 Å². The van der Waals surface area contributed by atoms with Crippen LogP contribution in [0.15, 0.2) is 48.7 Å². The molecule has 0 saturated heterocycles. The number of carbonyl (C=O) groups is 1. The van der Waals surface area contributed by atoms with Crippen LogP contribution in [0.4, 0.5) is 0 Å². The van der Waals surface area contributed by atoms with Crippen molar-refractivity contribution in [3.8, 4) is 17.0 Å². The van der Waals surface area contributed by atoms with E-state index in [1.807, 2.05) is 24.3 Å². The summed E-state index contributed by atoms with van der Waals surface area (Å²) in [5.41, 5.74) is 2.80. The molecule has 0 spiro atoms. The number of carboxylic acid groups (broad SMARTS) is 1. The summed E-state index contributed by atoms with van der Waals surface area (Å²) in [5.74, 6) is -0.329. The van der Waals surface area contributed by atoms with E-state index in [0.717, 1.165) is 11.6 Å². The number of halogens is 1. The van der Waals surface area contributed by atoms with E-state index in [1.165, 1.54) is 6.08 Å². The molecule has 0 aliphatic heterocycles. The Labute approximate surface area is 137 Å². The Bertz CT molecular complexity index is 915. The average molecular weight is 329 g/mol. The van der Waals surface area contributed by atoms with Gasteiger partial charge in [-0.05, 0) is 30.3 Å². The Morgan fingerprint density at radius 2 is 2.17 bits per heavy atom. The van der Waals surface area contributed by atoms with E-state index >= 15 is 0 Å². The van der Waals surface area contributed by atoms with Gasteiger partial charge in [0.15, 0.2) is 0 Å². The molecule has 0 bridgehead atoms. The van der Waals surface area contributed by atoms with Gasteiger partial charge in [-0.3, -0.25) is 4.40 Å². The van der Waals surface area contributed by atoms with Crippen LogP contribution in [0.25, 0.3) is 23.0 Å². The second-order valence-electron chi connectivity index (χ2n) is 4.82. The van der Waals surface area contributed by atoms with Crippen LogP contribution in [-0.2, 0) is 4.79 Å². The fourth-order valence-electron chi connectivity index (χ4n) is 2.33. The molecule has 1 aromatic carbocycles. The van der Waals surface area contributed by atoms with Crippen molar-refractivity contribution in [2.75, 3.05) is 7.11 Å². The number of aliphatic carboxylic acids is 1. The zero-order chi connectivity index (χ0) is 16.4. The van der Waals surface area contributed by atoms with Crippen molar-refractivity contribution in [1.82, 2.24) is 9.38 Å². The lowest BCUT2D eigenvalue weighted by molar-refractivity contribution is -0.131. The number of ether oxygens (including phenoxy) is 1. The smallest absolute Gasteiger partial charge is 0.328 e. The molecule has 0 aliphatic carbocycles. The fourth-order valence-corrected chi connectivity index (χ4v) is 2.49. The maximum Gasteiger partial charge on any atom is 0.328 e. The molecule has 3 aromatic rings. The molecule has 0 radical (unpaired) electrons. The third-order valence-electron chi connectivity index (χ3n) is 3.35. The van der Waals surface area contributed by atoms with Gasteiger partial charge in [-0.1, -0.05) is 23.7 Å². The molecule has 0 atom stereocenters. The van der Waals surface area contributed by atoms with Crippen LogP contribution in [0.1, 0.15) is 5.69 Å². The maximum absolute atomic E-state index is 10.9. The second kappa shape index (κ2) is 6.14. The highest BCUT2D eigenvalue weighted by Gasteiger charge is 2.13. The molecule has 2 heterocycles. The number of imidazole rings is 1. The van der Waals surface area contributed by atoms with Crippen LogP contribution < -0.4 is 4.74 Å². The Hall–Kier alpha value is -2.79. The molecule has 6 heteroatoms. The van der Waals surface area contributed by atoms with Gasteiger partial charge in [0, 0.05) is 17.8 Å². The first-order valence-corrected chi connectivity index (χ1v) is 7.19. The molecule has 0 amide bonds. The van der Waals surface area contributed by atoms with Gasteiger partial charge >= 0.3 is 5.97 Å². The van der Waals surface area contributed by atoms with E-state index < -0.39 is 5.97 Å². The third-order valence-corrected chi connectivity index (χ3v) is 3.57. The Balaban J connectivity index is 2.26. The van der Waals surface area contributed by atoms with Crippen molar-refractivity contribution < 1.29 is 14.6 Å². The Morgan fingerprint density at radius 3 is 2.91 bits per heavy atom. The zero-order valence-electron chi connectivity index (χ0n) is 12.2. The number of methoxy groups -OCH3 is 1. The van der Waals surface area contributed by atoms with Crippen molar-refractivity contribution in [2.24, 2.45) is 0 Å². The van der Waals surface area contributed by atoms with Gasteiger partial charge in [0.1, 0.15) is 11.4 Å². The van der Waals surface area contributed by atoms with Crippen molar-refractivity contribution in [3.05, 3.63) is 59.4 Å². The zero-order valence-corrected chi connectivity index (χ0v) is 13.0. The summed E-state index contributed by atoms with van der Waals surface area (Å²) in [6, 6.07) is 11.0. The summed E-state index contributed by atoms with van der Waals surface area (Å²) in [6.45, 7) is 0. The lowest BCUT2D eigenvalue weighted by Gasteiger charge is -2.04. The summed E-state index contributed by atoms with van der Waals surface area (Å²) in [4.78, 5) is 15.5. The highest BCUT2D eigenvalue weighted by Crippen LogP contribution is 2.29. The summed E-state index contributed by atoms with van der Waals surface area (Å²) >= 11 is 6.05. The molecule has 0 aliphatic rings. The average Bonchev–Trinajstić information content (AvgIpc) is 2.90. The second-order valence-corrected chi connectivity index (χ2v) is 5.26. The lowest BCUT2D eigenvalue weighted by Crippen LogP contribution is -1.91. The van der Waals surface area contributed by atoms with Gasteiger partial charge in [0.2, 0.25) is 0 Å². The third kappa shape index (κ3) is 3.05. The molecule has 0 fully saturated rings. The minimum atomic E-state index is -1.03. The van der Waals surface area contributed by atoms with Gasteiger partial charge in [-0.15, -0.1) is 0 Å². The minimum Gasteiger partial charge on any atom is -0.497 e. The van der Waals surface area contributed by atoms with E-state index in [9.17, 15) is 4.79 Å². The predicted molar refractivity (Wildman–Crippen MR) is 88.9 cm³/mol. The highest BCUT2D eigenvalue weighted by molar-refractivity contribution is 6.30. The van der Waals surface area contributed by atoms with Gasteiger partial charge < -0.3 is 9.84 Å². The number of pyridine rings is 1. The molecule has 23 heavy (non-hydrogen) atoms. The van der Waals surface area contributed by atoms with Crippen LogP contribution in [0, 0.1) is 0 Å². The number of fused-ring (bicyclic) bond motifs is 1. The number of aromatic nitrogens is 2. The molecule has 2 aromatic heterocycles. The molecule has 0 saturated carbocycles. The summed E-state index contributed by atoms with van der Waals surface area (Å²) < 4.78 is 7.00. The molecule has 116 valence electrons. The fraction of sp³-hybridized carbons (Fsp3) is 0.0588. The van der Waals surface area contributed by atoms with Crippen molar-refractivity contribution in [2.45, 2.75) is 0 Å². The van der Waals surface area contributed by atoms with Crippen LogP contribution in [0.2, 0.25) is 5.02 Å². The molecule has 0 unspecified atom stereocenters. The SMILES string of the molecule is COc1cccc(-c2nc3ccc(Cl)cn3c2C=CC(=O)O)c1. The van der Waals surface area contributed by atoms with E-state index in [0.29, 0.717) is 27.8 Å². The number of hydrogen-bond donors (Lipinski definition) is 1. The standard InChI is InChI=1S/C17H13ClN2O3/c1-23-13-4-2-3-11(9-13)17-14(6-8-16(21)22)20-10-12(18)5-7-15(20)19-17/h2-10H,1H3,(H,21,22).